The van der Waals surface area contributed by atoms with Crippen molar-refractivity contribution in [3.05, 3.63) is 35.4 Å². The van der Waals surface area contributed by atoms with Gasteiger partial charge in [-0.1, -0.05) is 31.5 Å². The summed E-state index contributed by atoms with van der Waals surface area (Å²) in [6, 6.07) is 8.00. The van der Waals surface area contributed by atoms with Crippen molar-refractivity contribution in [3.63, 3.8) is 0 Å². The van der Waals surface area contributed by atoms with Gasteiger partial charge >= 0.3 is 0 Å². The Balaban J connectivity index is 2.17. The first kappa shape index (κ1) is 13.5. The van der Waals surface area contributed by atoms with Gasteiger partial charge in [0, 0.05) is 18.7 Å². The topological polar surface area (TPSA) is 20.3 Å². The van der Waals surface area contributed by atoms with Gasteiger partial charge in [0.15, 0.2) is 0 Å². The first-order chi connectivity index (χ1) is 8.76. The fourth-order valence-electron chi connectivity index (χ4n) is 2.48. The number of aryl methyl sites for hydroxylation is 1. The Kier molecular flexibility index (Phi) is 4.70. The Hall–Kier alpha value is -0.960. The van der Waals surface area contributed by atoms with Crippen LogP contribution >= 0.6 is 12.6 Å². The molecule has 0 N–H and O–H groups in total. The molecule has 2 nitrogen and oxygen atoms in total. The van der Waals surface area contributed by atoms with Crippen LogP contribution in [-0.2, 0) is 6.42 Å². The predicted octanol–water partition coefficient (Wildman–Crippen LogP) is 3.03. The molecule has 0 radical (unpaired) electrons. The lowest BCUT2D eigenvalue weighted by atomic mass is 10.0. The van der Waals surface area contributed by atoms with Gasteiger partial charge in [0.25, 0.3) is 5.91 Å². The highest BCUT2D eigenvalue weighted by Crippen LogP contribution is 2.20. The minimum Gasteiger partial charge on any atom is -0.338 e. The molecule has 1 aromatic carbocycles. The summed E-state index contributed by atoms with van der Waals surface area (Å²) < 4.78 is 0. The van der Waals surface area contributed by atoms with Crippen LogP contribution in [0.25, 0.3) is 0 Å². The largest absolute Gasteiger partial charge is 0.338 e. The maximum absolute atomic E-state index is 12.5. The van der Waals surface area contributed by atoms with E-state index in [1.807, 2.05) is 23.1 Å². The fourth-order valence-corrected chi connectivity index (χ4v) is 2.85. The number of amides is 1. The first-order valence-electron chi connectivity index (χ1n) is 6.74. The molecule has 0 fully saturated rings. The number of nitrogens with zero attached hydrogens (tertiary/aromatic N) is 1. The van der Waals surface area contributed by atoms with Crippen LogP contribution in [0.4, 0.5) is 0 Å². The standard InChI is InChI=1S/C15H21NOS/c1-2-12(11-18)10-16-9-5-7-13-6-3-4-8-14(13)15(16)17/h3-4,6,8,12,18H,2,5,7,9-11H2,1H3. The molecule has 98 valence electrons. The van der Waals surface area contributed by atoms with Gasteiger partial charge in [0.2, 0.25) is 0 Å². The molecular weight excluding hydrogens is 242 g/mol. The zero-order valence-electron chi connectivity index (χ0n) is 10.9. The molecule has 0 aliphatic carbocycles. The van der Waals surface area contributed by atoms with E-state index >= 15 is 0 Å². The second-order valence-electron chi connectivity index (χ2n) is 4.97. The van der Waals surface area contributed by atoms with E-state index in [1.54, 1.807) is 0 Å². The molecule has 1 unspecified atom stereocenters. The molecule has 1 aliphatic heterocycles. The predicted molar refractivity (Wildman–Crippen MR) is 78.3 cm³/mol. The lowest BCUT2D eigenvalue weighted by molar-refractivity contribution is 0.0738. The highest BCUT2D eigenvalue weighted by Gasteiger charge is 2.23. The summed E-state index contributed by atoms with van der Waals surface area (Å²) in [4.78, 5) is 14.5. The van der Waals surface area contributed by atoms with Crippen LogP contribution in [0.2, 0.25) is 0 Å². The van der Waals surface area contributed by atoms with Crippen molar-refractivity contribution in [3.8, 4) is 0 Å². The van der Waals surface area contributed by atoms with E-state index in [4.69, 9.17) is 0 Å². The Morgan fingerprint density at radius 3 is 2.89 bits per heavy atom. The van der Waals surface area contributed by atoms with Crippen molar-refractivity contribution >= 4 is 18.5 Å². The molecule has 2 rings (SSSR count). The molecule has 0 spiro atoms. The Labute approximate surface area is 115 Å². The number of hydrogen-bond donors (Lipinski definition) is 1. The van der Waals surface area contributed by atoms with Gasteiger partial charge in [-0.3, -0.25) is 4.79 Å². The Morgan fingerprint density at radius 2 is 2.17 bits per heavy atom. The maximum atomic E-state index is 12.5. The third-order valence-corrected chi connectivity index (χ3v) is 4.24. The van der Waals surface area contributed by atoms with Gasteiger partial charge in [-0.05, 0) is 36.1 Å². The molecule has 1 atom stereocenters. The van der Waals surface area contributed by atoms with Gasteiger partial charge < -0.3 is 4.90 Å². The minimum absolute atomic E-state index is 0.198. The SMILES string of the molecule is CCC(CS)CN1CCCc2ccccc2C1=O. The average molecular weight is 263 g/mol. The van der Waals surface area contributed by atoms with E-state index in [1.165, 1.54) is 5.56 Å². The molecule has 0 saturated heterocycles. The lowest BCUT2D eigenvalue weighted by Gasteiger charge is -2.25. The zero-order valence-corrected chi connectivity index (χ0v) is 11.8. The van der Waals surface area contributed by atoms with Gasteiger partial charge in [-0.2, -0.15) is 12.6 Å². The summed E-state index contributed by atoms with van der Waals surface area (Å²) in [5.41, 5.74) is 2.09. The second-order valence-corrected chi connectivity index (χ2v) is 5.33. The second kappa shape index (κ2) is 6.28. The number of hydrogen-bond acceptors (Lipinski definition) is 2. The highest BCUT2D eigenvalue weighted by atomic mass is 32.1. The number of fused-ring (bicyclic) bond motifs is 1. The molecule has 1 amide bonds. The molecule has 1 heterocycles. The molecule has 0 aromatic heterocycles. The summed E-state index contributed by atoms with van der Waals surface area (Å²) in [6.45, 7) is 3.88. The summed E-state index contributed by atoms with van der Waals surface area (Å²) in [7, 11) is 0. The molecular formula is C15H21NOS. The quantitative estimate of drug-likeness (QED) is 0.828. The molecule has 0 bridgehead atoms. The number of carbonyl (C=O) groups excluding carboxylic acids is 1. The number of thiol groups is 1. The molecule has 3 heteroatoms. The van der Waals surface area contributed by atoms with Crippen LogP contribution in [0.1, 0.15) is 35.7 Å². The van der Waals surface area contributed by atoms with E-state index in [0.717, 1.165) is 43.7 Å². The van der Waals surface area contributed by atoms with E-state index in [-0.39, 0.29) is 5.91 Å². The molecule has 1 aromatic rings. The van der Waals surface area contributed by atoms with E-state index < -0.39 is 0 Å². The fraction of sp³-hybridized carbons (Fsp3) is 0.533. The van der Waals surface area contributed by atoms with Gasteiger partial charge in [0.05, 0.1) is 0 Å². The highest BCUT2D eigenvalue weighted by molar-refractivity contribution is 7.80. The van der Waals surface area contributed by atoms with Crippen LogP contribution in [-0.4, -0.2) is 29.6 Å². The van der Waals surface area contributed by atoms with Crippen LogP contribution in [0.15, 0.2) is 24.3 Å². The van der Waals surface area contributed by atoms with Crippen LogP contribution < -0.4 is 0 Å². The summed E-state index contributed by atoms with van der Waals surface area (Å²) >= 11 is 4.37. The van der Waals surface area contributed by atoms with Gasteiger partial charge in [0.1, 0.15) is 0 Å². The van der Waals surface area contributed by atoms with E-state index in [9.17, 15) is 4.79 Å². The van der Waals surface area contributed by atoms with Crippen molar-refractivity contribution in [2.24, 2.45) is 5.92 Å². The first-order valence-corrected chi connectivity index (χ1v) is 7.37. The van der Waals surface area contributed by atoms with Crippen LogP contribution in [0, 0.1) is 5.92 Å². The van der Waals surface area contributed by atoms with Crippen molar-refractivity contribution < 1.29 is 4.79 Å². The van der Waals surface area contributed by atoms with Crippen molar-refractivity contribution in [1.29, 1.82) is 0 Å². The van der Waals surface area contributed by atoms with E-state index in [0.29, 0.717) is 5.92 Å². The third-order valence-electron chi connectivity index (χ3n) is 3.72. The molecule has 0 saturated carbocycles. The normalized spacial score (nSPS) is 17.2. The van der Waals surface area contributed by atoms with Crippen LogP contribution in [0.3, 0.4) is 0 Å². The Morgan fingerprint density at radius 1 is 1.39 bits per heavy atom. The van der Waals surface area contributed by atoms with Gasteiger partial charge in [-0.25, -0.2) is 0 Å². The zero-order chi connectivity index (χ0) is 13.0. The van der Waals surface area contributed by atoms with E-state index in [2.05, 4.69) is 25.6 Å². The summed E-state index contributed by atoms with van der Waals surface area (Å²) in [5.74, 6) is 1.55. The van der Waals surface area contributed by atoms with Crippen molar-refractivity contribution in [2.75, 3.05) is 18.8 Å². The van der Waals surface area contributed by atoms with Crippen LogP contribution in [0.5, 0.6) is 0 Å². The Bertz CT molecular complexity index is 415. The smallest absolute Gasteiger partial charge is 0.254 e. The molecule has 1 aliphatic rings. The third kappa shape index (κ3) is 2.89. The van der Waals surface area contributed by atoms with Gasteiger partial charge in [-0.15, -0.1) is 0 Å². The lowest BCUT2D eigenvalue weighted by Crippen LogP contribution is -2.35. The number of carbonyl (C=O) groups is 1. The minimum atomic E-state index is 0.198. The number of benzene rings is 1. The maximum Gasteiger partial charge on any atom is 0.254 e. The van der Waals surface area contributed by atoms with Crippen molar-refractivity contribution in [1.82, 2.24) is 4.90 Å². The number of rotatable bonds is 4. The monoisotopic (exact) mass is 263 g/mol. The summed E-state index contributed by atoms with van der Waals surface area (Å²) in [5, 5.41) is 0. The summed E-state index contributed by atoms with van der Waals surface area (Å²) in [6.07, 6.45) is 3.15. The molecule has 18 heavy (non-hydrogen) atoms. The average Bonchev–Trinajstić information content (AvgIpc) is 2.56. The van der Waals surface area contributed by atoms with Crippen molar-refractivity contribution in [2.45, 2.75) is 26.2 Å².